The van der Waals surface area contributed by atoms with Crippen molar-refractivity contribution >= 4 is 0 Å². The topological polar surface area (TPSA) is 52.0 Å². The highest BCUT2D eigenvalue weighted by Gasteiger charge is 2.40. The molecule has 1 rings (SSSR count). The van der Waals surface area contributed by atoms with Crippen molar-refractivity contribution in [3.05, 3.63) is 34.6 Å². The highest BCUT2D eigenvalue weighted by Crippen LogP contribution is 2.34. The Morgan fingerprint density at radius 3 is 2.20 bits per heavy atom. The summed E-state index contributed by atoms with van der Waals surface area (Å²) in [5.41, 5.74) is 11.7. The molecule has 0 aromatic carbocycles. The quantitative estimate of drug-likeness (QED) is 0.653. The van der Waals surface area contributed by atoms with E-state index in [4.69, 9.17) is 11.5 Å². The van der Waals surface area contributed by atoms with Crippen LogP contribution in [-0.4, -0.2) is 12.2 Å². The Kier molecular flexibility index (Phi) is 2.95. The maximum absolute atomic E-state index is 12.5. The lowest BCUT2D eigenvalue weighted by molar-refractivity contribution is -0.0946. The zero-order valence-corrected chi connectivity index (χ0v) is 8.52. The van der Waals surface area contributed by atoms with Crippen LogP contribution in [0.25, 0.3) is 0 Å². The normalized spacial score (nSPS) is 22.3. The standard InChI is InChI=1S/C10H13F3N2/c1-5(2)8-7(14)4-3-6(9(8)15)10(11,12)13/h3-4,9H,14-15H2,1-2H3. The first-order chi connectivity index (χ1) is 6.75. The van der Waals surface area contributed by atoms with E-state index in [1.165, 1.54) is 6.08 Å². The molecule has 1 aliphatic carbocycles. The summed E-state index contributed by atoms with van der Waals surface area (Å²) in [5.74, 6) is 0. The molecule has 0 aromatic heterocycles. The number of hydrogen-bond acceptors (Lipinski definition) is 2. The van der Waals surface area contributed by atoms with E-state index >= 15 is 0 Å². The van der Waals surface area contributed by atoms with E-state index in [0.717, 1.165) is 6.08 Å². The van der Waals surface area contributed by atoms with Gasteiger partial charge in [-0.1, -0.05) is 11.6 Å². The molecule has 0 spiro atoms. The molecule has 1 aliphatic rings. The summed E-state index contributed by atoms with van der Waals surface area (Å²) in [4.78, 5) is 0. The van der Waals surface area contributed by atoms with Gasteiger partial charge in [-0.3, -0.25) is 0 Å². The van der Waals surface area contributed by atoms with E-state index in [1.807, 2.05) is 0 Å². The Morgan fingerprint density at radius 2 is 1.80 bits per heavy atom. The van der Waals surface area contributed by atoms with Crippen molar-refractivity contribution in [2.24, 2.45) is 11.5 Å². The van der Waals surface area contributed by atoms with Gasteiger partial charge in [-0.25, -0.2) is 0 Å². The molecule has 4 N–H and O–H groups in total. The number of hydrogen-bond donors (Lipinski definition) is 2. The van der Waals surface area contributed by atoms with Gasteiger partial charge >= 0.3 is 6.18 Å². The van der Waals surface area contributed by atoms with Crippen LogP contribution in [0.15, 0.2) is 34.6 Å². The second kappa shape index (κ2) is 3.73. The SMILES string of the molecule is CC(C)=C1C(N)=CC=C(C(F)(F)F)C1N. The van der Waals surface area contributed by atoms with Crippen LogP contribution in [0.1, 0.15) is 13.8 Å². The molecule has 5 heteroatoms. The Hall–Kier alpha value is -1.23. The minimum atomic E-state index is -4.41. The molecule has 84 valence electrons. The predicted octanol–water partition coefficient (Wildman–Crippen LogP) is 1.99. The fourth-order valence-corrected chi connectivity index (χ4v) is 1.58. The van der Waals surface area contributed by atoms with Gasteiger partial charge in [0.05, 0.1) is 11.6 Å². The van der Waals surface area contributed by atoms with Crippen LogP contribution in [0, 0.1) is 0 Å². The summed E-state index contributed by atoms with van der Waals surface area (Å²) in [6, 6.07) is -1.18. The molecule has 2 nitrogen and oxygen atoms in total. The molecule has 0 saturated carbocycles. The Bertz CT molecular complexity index is 357. The van der Waals surface area contributed by atoms with Crippen LogP contribution in [0.5, 0.6) is 0 Å². The average Bonchev–Trinajstić information content (AvgIpc) is 2.00. The fourth-order valence-electron chi connectivity index (χ4n) is 1.58. The van der Waals surface area contributed by atoms with Gasteiger partial charge in [0.25, 0.3) is 0 Å². The molecule has 0 bridgehead atoms. The molecule has 0 aliphatic heterocycles. The lowest BCUT2D eigenvalue weighted by Gasteiger charge is -2.26. The molecule has 0 fully saturated rings. The molecule has 0 radical (unpaired) electrons. The van der Waals surface area contributed by atoms with Crippen LogP contribution in [-0.2, 0) is 0 Å². The number of nitrogens with two attached hydrogens (primary N) is 2. The number of allylic oxidation sites excluding steroid dienone is 3. The third-order valence-electron chi connectivity index (χ3n) is 2.27. The Labute approximate surface area is 86.1 Å². The summed E-state index contributed by atoms with van der Waals surface area (Å²) in [7, 11) is 0. The number of rotatable bonds is 0. The second-order valence-corrected chi connectivity index (χ2v) is 3.63. The first-order valence-corrected chi connectivity index (χ1v) is 4.43. The van der Waals surface area contributed by atoms with E-state index in [-0.39, 0.29) is 0 Å². The van der Waals surface area contributed by atoms with Gasteiger partial charge in [-0.15, -0.1) is 0 Å². The second-order valence-electron chi connectivity index (χ2n) is 3.63. The summed E-state index contributed by atoms with van der Waals surface area (Å²) in [5, 5.41) is 0. The number of halogens is 3. The van der Waals surface area contributed by atoms with Crippen molar-refractivity contribution in [2.45, 2.75) is 26.1 Å². The van der Waals surface area contributed by atoms with Gasteiger partial charge in [0.1, 0.15) is 0 Å². The van der Waals surface area contributed by atoms with E-state index in [9.17, 15) is 13.2 Å². The summed E-state index contributed by atoms with van der Waals surface area (Å²) in [6.07, 6.45) is -2.22. The van der Waals surface area contributed by atoms with Crippen LogP contribution in [0.4, 0.5) is 13.2 Å². The van der Waals surface area contributed by atoms with Crippen molar-refractivity contribution < 1.29 is 13.2 Å². The number of alkyl halides is 3. The first-order valence-electron chi connectivity index (χ1n) is 4.43. The van der Waals surface area contributed by atoms with Crippen molar-refractivity contribution in [1.82, 2.24) is 0 Å². The third kappa shape index (κ3) is 2.23. The lowest BCUT2D eigenvalue weighted by Crippen LogP contribution is -2.37. The first kappa shape index (κ1) is 11.8. The van der Waals surface area contributed by atoms with E-state index in [2.05, 4.69) is 0 Å². The van der Waals surface area contributed by atoms with Crippen LogP contribution in [0.3, 0.4) is 0 Å². The molecular formula is C10H13F3N2. The van der Waals surface area contributed by atoms with Gasteiger partial charge in [-0.05, 0) is 25.5 Å². The largest absolute Gasteiger partial charge is 0.414 e. The summed E-state index contributed by atoms with van der Waals surface area (Å²) >= 11 is 0. The van der Waals surface area contributed by atoms with Crippen molar-refractivity contribution in [3.63, 3.8) is 0 Å². The summed E-state index contributed by atoms with van der Waals surface area (Å²) < 4.78 is 37.5. The minimum Gasteiger partial charge on any atom is -0.398 e. The monoisotopic (exact) mass is 218 g/mol. The zero-order valence-electron chi connectivity index (χ0n) is 8.52. The van der Waals surface area contributed by atoms with Crippen LogP contribution in [0.2, 0.25) is 0 Å². The highest BCUT2D eigenvalue weighted by molar-refractivity contribution is 5.49. The van der Waals surface area contributed by atoms with Crippen LogP contribution < -0.4 is 11.5 Å². The molecule has 1 atom stereocenters. The van der Waals surface area contributed by atoms with E-state index in [1.54, 1.807) is 13.8 Å². The highest BCUT2D eigenvalue weighted by atomic mass is 19.4. The molecule has 1 unspecified atom stereocenters. The maximum Gasteiger partial charge on any atom is 0.414 e. The van der Waals surface area contributed by atoms with Gasteiger partial charge in [0.15, 0.2) is 0 Å². The predicted molar refractivity (Wildman–Crippen MR) is 52.8 cm³/mol. The molecule has 0 heterocycles. The third-order valence-corrected chi connectivity index (χ3v) is 2.27. The molecular weight excluding hydrogens is 205 g/mol. The fraction of sp³-hybridized carbons (Fsp3) is 0.400. The molecule has 0 aromatic rings. The molecule has 0 saturated heterocycles. The van der Waals surface area contributed by atoms with Crippen molar-refractivity contribution in [3.8, 4) is 0 Å². The average molecular weight is 218 g/mol. The Morgan fingerprint density at radius 1 is 1.27 bits per heavy atom. The lowest BCUT2D eigenvalue weighted by atomic mass is 9.89. The summed E-state index contributed by atoms with van der Waals surface area (Å²) in [6.45, 7) is 3.38. The van der Waals surface area contributed by atoms with Gasteiger partial charge in [-0.2, -0.15) is 13.2 Å². The van der Waals surface area contributed by atoms with E-state index < -0.39 is 17.8 Å². The van der Waals surface area contributed by atoms with Crippen molar-refractivity contribution in [1.29, 1.82) is 0 Å². The zero-order chi connectivity index (χ0) is 11.8. The van der Waals surface area contributed by atoms with Gasteiger partial charge in [0, 0.05) is 5.70 Å². The van der Waals surface area contributed by atoms with Crippen molar-refractivity contribution in [2.75, 3.05) is 0 Å². The minimum absolute atomic E-state index is 0.301. The maximum atomic E-state index is 12.5. The Balaban J connectivity index is 3.24. The molecule has 0 amide bonds. The van der Waals surface area contributed by atoms with Gasteiger partial charge in [0.2, 0.25) is 0 Å². The molecule has 15 heavy (non-hydrogen) atoms. The van der Waals surface area contributed by atoms with Gasteiger partial charge < -0.3 is 11.5 Å². The van der Waals surface area contributed by atoms with E-state index in [0.29, 0.717) is 16.8 Å². The smallest absolute Gasteiger partial charge is 0.398 e. The van der Waals surface area contributed by atoms with Crippen LogP contribution >= 0.6 is 0 Å².